The van der Waals surface area contributed by atoms with E-state index in [0.717, 1.165) is 33.3 Å². The summed E-state index contributed by atoms with van der Waals surface area (Å²) < 4.78 is 5.01. The van der Waals surface area contributed by atoms with Gasteiger partial charge in [0.2, 0.25) is 0 Å². The minimum atomic E-state index is -0.732. The van der Waals surface area contributed by atoms with Crippen molar-refractivity contribution >= 4 is 22.8 Å². The molecule has 32 heavy (non-hydrogen) atoms. The fraction of sp³-hybridized carbons (Fsp3) is 0.185. The molecule has 0 spiro atoms. The highest BCUT2D eigenvalue weighted by Crippen LogP contribution is 2.46. The SMILES string of the molecule is COC(=O)[C@H](C)N1C(=O)c2ccccc2[C@H]1c1c(-c2ccc(C)cc2)[nH]c2ccccc12. The number of hydrogen-bond donors (Lipinski definition) is 1. The maximum absolute atomic E-state index is 13.5. The second kappa shape index (κ2) is 7.68. The molecule has 5 nitrogen and oxygen atoms in total. The minimum Gasteiger partial charge on any atom is -0.467 e. The van der Waals surface area contributed by atoms with Gasteiger partial charge in [-0.3, -0.25) is 4.79 Å². The largest absolute Gasteiger partial charge is 0.467 e. The van der Waals surface area contributed by atoms with E-state index in [1.807, 2.05) is 42.5 Å². The fourth-order valence-corrected chi connectivity index (χ4v) is 4.71. The second-order valence-electron chi connectivity index (χ2n) is 8.23. The van der Waals surface area contributed by atoms with Gasteiger partial charge in [0, 0.05) is 22.0 Å². The topological polar surface area (TPSA) is 62.4 Å². The predicted octanol–water partition coefficient (Wildman–Crippen LogP) is 5.25. The van der Waals surface area contributed by atoms with E-state index >= 15 is 0 Å². The maximum Gasteiger partial charge on any atom is 0.328 e. The van der Waals surface area contributed by atoms with Crippen molar-refractivity contribution in [3.05, 3.63) is 95.1 Å². The normalized spacial score (nSPS) is 16.3. The molecule has 0 aliphatic carbocycles. The molecule has 3 aromatic carbocycles. The first kappa shape index (κ1) is 20.1. The van der Waals surface area contributed by atoms with E-state index in [2.05, 4.69) is 42.2 Å². The Morgan fingerprint density at radius 2 is 1.69 bits per heavy atom. The molecule has 5 heteroatoms. The summed E-state index contributed by atoms with van der Waals surface area (Å²) in [7, 11) is 1.35. The molecule has 0 fully saturated rings. The first-order chi connectivity index (χ1) is 15.5. The summed E-state index contributed by atoms with van der Waals surface area (Å²) in [4.78, 5) is 31.3. The van der Waals surface area contributed by atoms with Crippen molar-refractivity contribution in [1.82, 2.24) is 9.88 Å². The number of H-pyrrole nitrogens is 1. The number of esters is 1. The third-order valence-electron chi connectivity index (χ3n) is 6.32. The molecule has 0 radical (unpaired) electrons. The minimum absolute atomic E-state index is 0.163. The Bertz CT molecular complexity index is 1340. The van der Waals surface area contributed by atoms with Gasteiger partial charge in [0.25, 0.3) is 5.91 Å². The Balaban J connectivity index is 1.81. The molecule has 0 saturated carbocycles. The molecule has 160 valence electrons. The van der Waals surface area contributed by atoms with Crippen LogP contribution >= 0.6 is 0 Å². The second-order valence-corrected chi connectivity index (χ2v) is 8.23. The van der Waals surface area contributed by atoms with Gasteiger partial charge >= 0.3 is 5.97 Å². The van der Waals surface area contributed by atoms with E-state index < -0.39 is 18.1 Å². The third-order valence-corrected chi connectivity index (χ3v) is 6.32. The molecule has 0 saturated heterocycles. The van der Waals surface area contributed by atoms with Crippen LogP contribution in [0, 0.1) is 6.92 Å². The van der Waals surface area contributed by atoms with Crippen LogP contribution in [0.1, 0.15) is 40.0 Å². The van der Waals surface area contributed by atoms with Crippen molar-refractivity contribution in [2.75, 3.05) is 7.11 Å². The summed E-state index contributed by atoms with van der Waals surface area (Å²) in [5.41, 5.74) is 6.64. The Labute approximate surface area is 186 Å². The fourth-order valence-electron chi connectivity index (χ4n) is 4.71. The number of rotatable bonds is 4. The average Bonchev–Trinajstić information content (AvgIpc) is 3.34. The van der Waals surface area contributed by atoms with Gasteiger partial charge in [-0.15, -0.1) is 0 Å². The van der Waals surface area contributed by atoms with Crippen LogP contribution in [0.25, 0.3) is 22.2 Å². The van der Waals surface area contributed by atoms with Gasteiger partial charge in [0.1, 0.15) is 6.04 Å². The summed E-state index contributed by atoms with van der Waals surface area (Å²) in [6, 6.07) is 22.9. The van der Waals surface area contributed by atoms with Crippen molar-refractivity contribution in [1.29, 1.82) is 0 Å². The number of fused-ring (bicyclic) bond motifs is 2. The number of nitrogens with zero attached hydrogens (tertiary/aromatic N) is 1. The molecule has 1 N–H and O–H groups in total. The van der Waals surface area contributed by atoms with Crippen LogP contribution in [0.4, 0.5) is 0 Å². The highest BCUT2D eigenvalue weighted by Gasteiger charge is 2.44. The van der Waals surface area contributed by atoms with E-state index in [0.29, 0.717) is 5.56 Å². The van der Waals surface area contributed by atoms with Crippen LogP contribution in [0.3, 0.4) is 0 Å². The third kappa shape index (κ3) is 3.01. The van der Waals surface area contributed by atoms with E-state index in [4.69, 9.17) is 4.74 Å². The lowest BCUT2D eigenvalue weighted by Crippen LogP contribution is -2.42. The standard InChI is InChI=1S/C27H24N2O3/c1-16-12-14-18(15-13-16)24-23(21-10-6-7-11-22(21)28-24)25-19-8-4-5-9-20(19)26(30)29(25)17(2)27(31)32-3/h4-15,17,25,28H,1-3H3/t17-,25-/m0/s1. The number of ether oxygens (including phenoxy) is 1. The molecule has 4 aromatic rings. The summed E-state index contributed by atoms with van der Waals surface area (Å²) in [6.45, 7) is 3.78. The van der Waals surface area contributed by atoms with E-state index in [1.165, 1.54) is 12.7 Å². The summed E-state index contributed by atoms with van der Waals surface area (Å²) in [5.74, 6) is -0.600. The number of aromatic amines is 1. The maximum atomic E-state index is 13.5. The van der Waals surface area contributed by atoms with E-state index in [1.54, 1.807) is 11.8 Å². The van der Waals surface area contributed by atoms with Gasteiger partial charge in [-0.1, -0.05) is 66.2 Å². The number of aromatic nitrogens is 1. The lowest BCUT2D eigenvalue weighted by molar-refractivity contribution is -0.145. The van der Waals surface area contributed by atoms with Crippen LogP contribution in [-0.2, 0) is 9.53 Å². The van der Waals surface area contributed by atoms with Crippen LogP contribution in [0.15, 0.2) is 72.8 Å². The van der Waals surface area contributed by atoms with Crippen LogP contribution in [0.5, 0.6) is 0 Å². The van der Waals surface area contributed by atoms with Crippen molar-refractivity contribution in [2.45, 2.75) is 25.9 Å². The molecule has 1 amide bonds. The van der Waals surface area contributed by atoms with Crippen molar-refractivity contribution in [3.8, 4) is 11.3 Å². The highest BCUT2D eigenvalue weighted by molar-refractivity contribution is 6.03. The first-order valence-electron chi connectivity index (χ1n) is 10.7. The van der Waals surface area contributed by atoms with Gasteiger partial charge in [-0.2, -0.15) is 0 Å². The number of carbonyl (C=O) groups excluding carboxylic acids is 2. The number of benzene rings is 3. The molecule has 0 bridgehead atoms. The number of nitrogens with one attached hydrogen (secondary N) is 1. The summed E-state index contributed by atoms with van der Waals surface area (Å²) >= 11 is 0. The lowest BCUT2D eigenvalue weighted by atomic mass is 9.92. The number of amides is 1. The first-order valence-corrected chi connectivity index (χ1v) is 10.7. The van der Waals surface area contributed by atoms with Crippen molar-refractivity contribution in [3.63, 3.8) is 0 Å². The Kier molecular flexibility index (Phi) is 4.82. The Morgan fingerprint density at radius 1 is 1.00 bits per heavy atom. The molecule has 0 unspecified atom stereocenters. The number of carbonyl (C=O) groups is 2. The highest BCUT2D eigenvalue weighted by atomic mass is 16.5. The smallest absolute Gasteiger partial charge is 0.328 e. The van der Waals surface area contributed by atoms with Gasteiger partial charge in [-0.05, 0) is 37.1 Å². The van der Waals surface area contributed by atoms with Crippen molar-refractivity contribution < 1.29 is 14.3 Å². The van der Waals surface area contributed by atoms with E-state index in [9.17, 15) is 9.59 Å². The zero-order valence-electron chi connectivity index (χ0n) is 18.3. The molecule has 1 aromatic heterocycles. The van der Waals surface area contributed by atoms with Crippen molar-refractivity contribution in [2.24, 2.45) is 0 Å². The zero-order valence-corrected chi connectivity index (χ0v) is 18.3. The Morgan fingerprint density at radius 3 is 2.44 bits per heavy atom. The van der Waals surface area contributed by atoms with Crippen LogP contribution < -0.4 is 0 Å². The molecular weight excluding hydrogens is 400 g/mol. The van der Waals surface area contributed by atoms with Crippen LogP contribution in [-0.4, -0.2) is 34.9 Å². The quantitative estimate of drug-likeness (QED) is 0.455. The average molecular weight is 425 g/mol. The molecule has 1 aliphatic rings. The summed E-state index contributed by atoms with van der Waals surface area (Å²) in [5, 5.41) is 1.03. The predicted molar refractivity (Wildman–Crippen MR) is 124 cm³/mol. The number of hydrogen-bond acceptors (Lipinski definition) is 3. The molecule has 2 atom stereocenters. The molecule has 1 aliphatic heterocycles. The molecular formula is C27H24N2O3. The number of aryl methyl sites for hydroxylation is 1. The number of methoxy groups -OCH3 is 1. The summed E-state index contributed by atoms with van der Waals surface area (Å²) in [6.07, 6.45) is 0. The monoisotopic (exact) mass is 424 g/mol. The lowest BCUT2D eigenvalue weighted by Gasteiger charge is -2.30. The van der Waals surface area contributed by atoms with Gasteiger partial charge in [0.15, 0.2) is 0 Å². The zero-order chi connectivity index (χ0) is 22.4. The molecule has 2 heterocycles. The van der Waals surface area contributed by atoms with Gasteiger partial charge in [-0.25, -0.2) is 4.79 Å². The Hall–Kier alpha value is -3.86. The van der Waals surface area contributed by atoms with E-state index in [-0.39, 0.29) is 5.91 Å². The number of para-hydroxylation sites is 1. The molecule has 5 rings (SSSR count). The van der Waals surface area contributed by atoms with Crippen LogP contribution in [0.2, 0.25) is 0 Å². The van der Waals surface area contributed by atoms with Gasteiger partial charge < -0.3 is 14.6 Å². The van der Waals surface area contributed by atoms with Gasteiger partial charge in [0.05, 0.1) is 18.8 Å².